The van der Waals surface area contributed by atoms with Crippen LogP contribution < -0.4 is 5.32 Å². The summed E-state index contributed by atoms with van der Waals surface area (Å²) in [6.45, 7) is 1.93. The third-order valence-corrected chi connectivity index (χ3v) is 3.95. The van der Waals surface area contributed by atoms with E-state index in [2.05, 4.69) is 15.5 Å². The molecule has 1 aromatic heterocycles. The quantitative estimate of drug-likeness (QED) is 0.661. The Hall–Kier alpha value is -2.43. The number of rotatable bonds is 4. The van der Waals surface area contributed by atoms with Crippen LogP contribution in [-0.4, -0.2) is 21.2 Å². The molecule has 1 heterocycles. The molecule has 6 nitrogen and oxygen atoms in total. The maximum atomic E-state index is 12.1. The lowest BCUT2D eigenvalue weighted by Gasteiger charge is -2.02. The summed E-state index contributed by atoms with van der Waals surface area (Å²) in [6.07, 6.45) is 2.07. The third kappa shape index (κ3) is 3.81. The Balaban J connectivity index is 2.21. The number of amides is 1. The van der Waals surface area contributed by atoms with Crippen molar-refractivity contribution < 1.29 is 9.90 Å². The molecule has 0 spiro atoms. The predicted octanol–water partition coefficient (Wildman–Crippen LogP) is 3.01. The number of aromatic hydroxyl groups is 1. The molecule has 0 saturated carbocycles. The van der Waals surface area contributed by atoms with E-state index < -0.39 is 5.91 Å². The minimum Gasteiger partial charge on any atom is -0.508 e. The van der Waals surface area contributed by atoms with Crippen LogP contribution in [0.5, 0.6) is 5.75 Å². The first kappa shape index (κ1) is 15.9. The Kier molecular flexibility index (Phi) is 5.09. The minimum atomic E-state index is -0.592. The van der Waals surface area contributed by atoms with Crippen molar-refractivity contribution in [1.82, 2.24) is 10.2 Å². The number of anilines is 1. The third-order valence-electron chi connectivity index (χ3n) is 2.64. The first-order valence-corrected chi connectivity index (χ1v) is 7.47. The standard InChI is InChI=1S/C14H11ClN4O2S/c1-2-12-18-19-14(22-12)17-13(21)9(7-16)5-8-3-4-10(20)6-11(8)15/h3-6,20H,2H2,1H3,(H,17,19,21)/b9-5+. The number of nitrogens with zero attached hydrogens (tertiary/aromatic N) is 3. The lowest BCUT2D eigenvalue weighted by Crippen LogP contribution is -2.13. The summed E-state index contributed by atoms with van der Waals surface area (Å²) in [4.78, 5) is 12.1. The molecule has 0 aliphatic rings. The Morgan fingerprint density at radius 3 is 2.91 bits per heavy atom. The molecule has 1 amide bonds. The number of aryl methyl sites for hydroxylation is 1. The van der Waals surface area contributed by atoms with Crippen LogP contribution in [0.2, 0.25) is 5.02 Å². The Labute approximate surface area is 135 Å². The van der Waals surface area contributed by atoms with Crippen molar-refractivity contribution in [2.24, 2.45) is 0 Å². The van der Waals surface area contributed by atoms with Gasteiger partial charge in [-0.25, -0.2) is 0 Å². The van der Waals surface area contributed by atoms with Gasteiger partial charge in [0.1, 0.15) is 22.4 Å². The Bertz CT molecular complexity index is 779. The molecule has 0 bridgehead atoms. The van der Waals surface area contributed by atoms with Gasteiger partial charge in [-0.2, -0.15) is 5.26 Å². The maximum absolute atomic E-state index is 12.1. The summed E-state index contributed by atoms with van der Waals surface area (Å²) >= 11 is 7.20. The van der Waals surface area contributed by atoms with Crippen LogP contribution in [0.1, 0.15) is 17.5 Å². The summed E-state index contributed by atoms with van der Waals surface area (Å²) in [7, 11) is 0. The fourth-order valence-electron chi connectivity index (χ4n) is 1.55. The topological polar surface area (TPSA) is 98.9 Å². The van der Waals surface area contributed by atoms with Crippen molar-refractivity contribution in [1.29, 1.82) is 5.26 Å². The Morgan fingerprint density at radius 2 is 2.32 bits per heavy atom. The van der Waals surface area contributed by atoms with Gasteiger partial charge in [0.05, 0.1) is 5.02 Å². The monoisotopic (exact) mass is 334 g/mol. The van der Waals surface area contributed by atoms with Crippen molar-refractivity contribution in [3.05, 3.63) is 39.4 Å². The highest BCUT2D eigenvalue weighted by molar-refractivity contribution is 7.15. The number of phenols is 1. The number of halogens is 1. The van der Waals surface area contributed by atoms with Gasteiger partial charge in [-0.1, -0.05) is 29.9 Å². The largest absolute Gasteiger partial charge is 0.508 e. The first-order valence-electron chi connectivity index (χ1n) is 6.27. The minimum absolute atomic E-state index is 0.00561. The summed E-state index contributed by atoms with van der Waals surface area (Å²) in [5, 5.41) is 30.0. The predicted molar refractivity (Wildman–Crippen MR) is 84.6 cm³/mol. The van der Waals surface area contributed by atoms with E-state index in [0.29, 0.717) is 10.7 Å². The zero-order valence-electron chi connectivity index (χ0n) is 11.5. The summed E-state index contributed by atoms with van der Waals surface area (Å²) < 4.78 is 0. The van der Waals surface area contributed by atoms with E-state index in [1.807, 2.05) is 13.0 Å². The van der Waals surface area contributed by atoms with Gasteiger partial charge in [-0.05, 0) is 36.3 Å². The van der Waals surface area contributed by atoms with Crippen molar-refractivity contribution in [2.45, 2.75) is 13.3 Å². The van der Waals surface area contributed by atoms with Gasteiger partial charge in [0.25, 0.3) is 5.91 Å². The number of carbonyl (C=O) groups excluding carboxylic acids is 1. The van der Waals surface area contributed by atoms with Crippen molar-refractivity contribution in [3.63, 3.8) is 0 Å². The second-order valence-corrected chi connectivity index (χ2v) is 5.65. The van der Waals surface area contributed by atoms with Crippen molar-refractivity contribution >= 4 is 40.1 Å². The molecule has 0 aliphatic heterocycles. The number of hydrogen-bond donors (Lipinski definition) is 2. The first-order chi connectivity index (χ1) is 10.5. The molecule has 0 atom stereocenters. The molecule has 8 heteroatoms. The molecule has 2 rings (SSSR count). The molecule has 0 fully saturated rings. The van der Waals surface area contributed by atoms with Crippen LogP contribution in [0.3, 0.4) is 0 Å². The van der Waals surface area contributed by atoms with E-state index in [1.54, 1.807) is 0 Å². The van der Waals surface area contributed by atoms with Gasteiger partial charge in [0, 0.05) is 0 Å². The highest BCUT2D eigenvalue weighted by Gasteiger charge is 2.13. The van der Waals surface area contributed by atoms with E-state index >= 15 is 0 Å². The average molecular weight is 335 g/mol. The van der Waals surface area contributed by atoms with E-state index in [-0.39, 0.29) is 16.3 Å². The van der Waals surface area contributed by atoms with Crippen LogP contribution in [0, 0.1) is 11.3 Å². The fourth-order valence-corrected chi connectivity index (χ4v) is 2.45. The summed E-state index contributed by atoms with van der Waals surface area (Å²) in [5.41, 5.74) is 0.332. The van der Waals surface area contributed by atoms with Crippen LogP contribution in [-0.2, 0) is 11.2 Å². The number of nitriles is 1. The van der Waals surface area contributed by atoms with Gasteiger partial charge < -0.3 is 5.11 Å². The van der Waals surface area contributed by atoms with Gasteiger partial charge in [0.15, 0.2) is 0 Å². The average Bonchev–Trinajstić information content (AvgIpc) is 2.94. The molecular weight excluding hydrogens is 324 g/mol. The molecule has 0 saturated heterocycles. The number of hydrogen-bond acceptors (Lipinski definition) is 6. The zero-order valence-corrected chi connectivity index (χ0v) is 13.1. The van der Waals surface area contributed by atoms with E-state index in [4.69, 9.17) is 16.9 Å². The highest BCUT2D eigenvalue weighted by atomic mass is 35.5. The van der Waals surface area contributed by atoms with Gasteiger partial charge in [-0.3, -0.25) is 10.1 Å². The maximum Gasteiger partial charge on any atom is 0.268 e. The normalized spacial score (nSPS) is 11.0. The van der Waals surface area contributed by atoms with Crippen LogP contribution >= 0.6 is 22.9 Å². The smallest absolute Gasteiger partial charge is 0.268 e. The molecular formula is C14H11ClN4O2S. The number of aromatic nitrogens is 2. The number of nitrogens with one attached hydrogen (secondary N) is 1. The molecule has 22 heavy (non-hydrogen) atoms. The summed E-state index contributed by atoms with van der Waals surface area (Å²) in [5.74, 6) is -0.587. The zero-order chi connectivity index (χ0) is 16.1. The second-order valence-electron chi connectivity index (χ2n) is 4.18. The number of carbonyl (C=O) groups is 1. The van der Waals surface area contributed by atoms with E-state index in [1.165, 1.54) is 35.6 Å². The summed E-state index contributed by atoms with van der Waals surface area (Å²) in [6, 6.07) is 6.09. The molecule has 2 aromatic rings. The fraction of sp³-hybridized carbons (Fsp3) is 0.143. The highest BCUT2D eigenvalue weighted by Crippen LogP contribution is 2.24. The Morgan fingerprint density at radius 1 is 1.55 bits per heavy atom. The van der Waals surface area contributed by atoms with Crippen molar-refractivity contribution in [3.8, 4) is 11.8 Å². The molecule has 0 aliphatic carbocycles. The molecule has 1 aromatic carbocycles. The second kappa shape index (κ2) is 7.02. The molecule has 2 N–H and O–H groups in total. The lowest BCUT2D eigenvalue weighted by molar-refractivity contribution is -0.112. The van der Waals surface area contributed by atoms with Gasteiger partial charge in [-0.15, -0.1) is 10.2 Å². The van der Waals surface area contributed by atoms with Crippen LogP contribution in [0.4, 0.5) is 5.13 Å². The van der Waals surface area contributed by atoms with Gasteiger partial charge >= 0.3 is 0 Å². The molecule has 112 valence electrons. The lowest BCUT2D eigenvalue weighted by atomic mass is 10.1. The molecule has 0 radical (unpaired) electrons. The van der Waals surface area contributed by atoms with Crippen LogP contribution in [0.15, 0.2) is 23.8 Å². The van der Waals surface area contributed by atoms with Crippen LogP contribution in [0.25, 0.3) is 6.08 Å². The number of phenolic OH excluding ortho intramolecular Hbond substituents is 1. The van der Waals surface area contributed by atoms with Gasteiger partial charge in [0.2, 0.25) is 5.13 Å². The van der Waals surface area contributed by atoms with E-state index in [0.717, 1.165) is 11.4 Å². The number of benzene rings is 1. The van der Waals surface area contributed by atoms with E-state index in [9.17, 15) is 9.90 Å². The van der Waals surface area contributed by atoms with Crippen molar-refractivity contribution in [2.75, 3.05) is 5.32 Å². The SMILES string of the molecule is CCc1nnc(NC(=O)/C(C#N)=C/c2ccc(O)cc2Cl)s1. The molecule has 0 unspecified atom stereocenters.